The quantitative estimate of drug-likeness (QED) is 0.280. The summed E-state index contributed by atoms with van der Waals surface area (Å²) < 4.78 is 26.0. The predicted molar refractivity (Wildman–Crippen MR) is 136 cm³/mol. The fourth-order valence-electron chi connectivity index (χ4n) is 4.15. The van der Waals surface area contributed by atoms with Gasteiger partial charge in [-0.05, 0) is 73.6 Å². The van der Waals surface area contributed by atoms with Crippen molar-refractivity contribution in [2.24, 2.45) is 11.7 Å². The Hall–Kier alpha value is -3.29. The molecule has 0 bridgehead atoms. The number of aliphatic hydroxyl groups is 1. The van der Waals surface area contributed by atoms with Crippen LogP contribution in [0.3, 0.4) is 0 Å². The molecule has 0 atom stereocenters. The third kappa shape index (κ3) is 6.09. The van der Waals surface area contributed by atoms with Crippen LogP contribution in [0.5, 0.6) is 5.75 Å². The standard InChI is InChI=1S/C28H29ClFNO5/c1-16-4-2-5-22(29)21(16)12-19(27(32)17-7-8-17)15-35-11-3-6-25-24(31)10-9-20-23(30)13-18(28(33)34)14-26(20)36-25/h2-6,13-14,17,32H,7-12,15,31H2,1H3,(H,33,34)/b6-3-,27-19+. The number of benzene rings is 2. The van der Waals surface area contributed by atoms with Gasteiger partial charge in [0.05, 0.1) is 30.2 Å². The Bertz CT molecular complexity index is 1240. The number of hydrogen-bond acceptors (Lipinski definition) is 5. The summed E-state index contributed by atoms with van der Waals surface area (Å²) in [6, 6.07) is 8.02. The number of hydrogen-bond donors (Lipinski definition) is 3. The number of carboxylic acids is 1. The second-order valence-corrected chi connectivity index (χ2v) is 9.53. The van der Waals surface area contributed by atoms with E-state index in [1.165, 1.54) is 6.07 Å². The molecule has 0 radical (unpaired) electrons. The first-order valence-electron chi connectivity index (χ1n) is 11.9. The molecule has 1 fully saturated rings. The average Bonchev–Trinajstić information content (AvgIpc) is 3.68. The van der Waals surface area contributed by atoms with Gasteiger partial charge in [0, 0.05) is 22.9 Å². The first kappa shape index (κ1) is 25.8. The Morgan fingerprint density at radius 3 is 2.75 bits per heavy atom. The van der Waals surface area contributed by atoms with Gasteiger partial charge >= 0.3 is 5.97 Å². The zero-order chi connectivity index (χ0) is 25.8. The molecule has 2 aliphatic rings. The third-order valence-electron chi connectivity index (χ3n) is 6.41. The number of allylic oxidation sites excluding steroid dienone is 3. The molecule has 2 aromatic rings. The lowest BCUT2D eigenvalue weighted by Gasteiger charge is -2.14. The van der Waals surface area contributed by atoms with E-state index in [1.54, 1.807) is 12.2 Å². The molecule has 190 valence electrons. The van der Waals surface area contributed by atoms with Crippen LogP contribution in [0.25, 0.3) is 0 Å². The number of fused-ring (bicyclic) bond motifs is 1. The van der Waals surface area contributed by atoms with Gasteiger partial charge in [-0.3, -0.25) is 0 Å². The monoisotopic (exact) mass is 513 g/mol. The highest BCUT2D eigenvalue weighted by Gasteiger charge is 2.28. The van der Waals surface area contributed by atoms with E-state index < -0.39 is 11.8 Å². The van der Waals surface area contributed by atoms with Crippen molar-refractivity contribution in [1.29, 1.82) is 0 Å². The number of carboxylic acid groups (broad SMARTS) is 1. The van der Waals surface area contributed by atoms with E-state index in [9.17, 15) is 19.4 Å². The molecule has 1 saturated carbocycles. The van der Waals surface area contributed by atoms with Gasteiger partial charge in [-0.15, -0.1) is 0 Å². The van der Waals surface area contributed by atoms with Crippen molar-refractivity contribution in [2.75, 3.05) is 13.2 Å². The molecule has 0 unspecified atom stereocenters. The van der Waals surface area contributed by atoms with Gasteiger partial charge in [-0.25, -0.2) is 9.18 Å². The number of aryl methyl sites for hydroxylation is 1. The molecule has 0 saturated heterocycles. The number of ether oxygens (including phenoxy) is 2. The van der Waals surface area contributed by atoms with E-state index in [1.807, 2.05) is 25.1 Å². The van der Waals surface area contributed by atoms with Crippen LogP contribution in [-0.4, -0.2) is 29.4 Å². The second kappa shape index (κ2) is 11.2. The summed E-state index contributed by atoms with van der Waals surface area (Å²) in [5, 5.41) is 20.6. The van der Waals surface area contributed by atoms with Gasteiger partial charge in [0.2, 0.25) is 0 Å². The van der Waals surface area contributed by atoms with E-state index in [4.69, 9.17) is 26.8 Å². The lowest BCUT2D eigenvalue weighted by molar-refractivity contribution is 0.0696. The van der Waals surface area contributed by atoms with E-state index in [-0.39, 0.29) is 30.4 Å². The number of carbonyl (C=O) groups is 1. The SMILES string of the molecule is Cc1cccc(Cl)c1C/C(COC/C=C\C1=C(N)CCc2c(F)cc(C(=O)O)cc2O1)=C(\O)C1CC1. The van der Waals surface area contributed by atoms with Crippen LogP contribution in [0.1, 0.15) is 46.3 Å². The number of aliphatic hydroxyl groups excluding tert-OH is 1. The summed E-state index contributed by atoms with van der Waals surface area (Å²) in [4.78, 5) is 11.3. The summed E-state index contributed by atoms with van der Waals surface area (Å²) >= 11 is 6.40. The molecule has 1 heterocycles. The van der Waals surface area contributed by atoms with Crippen LogP contribution in [0, 0.1) is 18.7 Å². The largest absolute Gasteiger partial charge is 0.512 e. The molecular formula is C28H29ClFNO5. The summed E-state index contributed by atoms with van der Waals surface area (Å²) in [6.07, 6.45) is 6.47. The molecule has 1 aliphatic heterocycles. The topological polar surface area (TPSA) is 102 Å². The normalized spacial score (nSPS) is 16.4. The van der Waals surface area contributed by atoms with Crippen molar-refractivity contribution in [3.8, 4) is 5.75 Å². The smallest absolute Gasteiger partial charge is 0.335 e. The Kier molecular flexibility index (Phi) is 8.01. The third-order valence-corrected chi connectivity index (χ3v) is 6.77. The molecule has 0 aromatic heterocycles. The van der Waals surface area contributed by atoms with Crippen LogP contribution in [-0.2, 0) is 17.6 Å². The number of nitrogens with two attached hydrogens (primary N) is 1. The molecule has 6 nitrogen and oxygen atoms in total. The van der Waals surface area contributed by atoms with Crippen LogP contribution in [0.15, 0.2) is 65.3 Å². The van der Waals surface area contributed by atoms with Gasteiger partial charge in [-0.1, -0.05) is 29.8 Å². The average molecular weight is 514 g/mol. The molecule has 0 amide bonds. The highest BCUT2D eigenvalue weighted by Crippen LogP contribution is 2.38. The lowest BCUT2D eigenvalue weighted by Crippen LogP contribution is -2.08. The van der Waals surface area contributed by atoms with Crippen LogP contribution >= 0.6 is 11.6 Å². The molecule has 4 N–H and O–H groups in total. The van der Waals surface area contributed by atoms with Crippen molar-refractivity contribution < 1.29 is 28.9 Å². The van der Waals surface area contributed by atoms with Crippen molar-refractivity contribution in [3.05, 3.63) is 98.4 Å². The first-order valence-corrected chi connectivity index (χ1v) is 12.2. The molecular weight excluding hydrogens is 485 g/mol. The maximum absolute atomic E-state index is 14.4. The second-order valence-electron chi connectivity index (χ2n) is 9.12. The van der Waals surface area contributed by atoms with Crippen molar-refractivity contribution in [3.63, 3.8) is 0 Å². The molecule has 2 aromatic carbocycles. The number of halogens is 2. The Morgan fingerprint density at radius 1 is 1.28 bits per heavy atom. The van der Waals surface area contributed by atoms with Gasteiger partial charge in [0.15, 0.2) is 0 Å². The van der Waals surface area contributed by atoms with E-state index in [2.05, 4.69) is 0 Å². The van der Waals surface area contributed by atoms with Crippen LogP contribution < -0.4 is 10.5 Å². The molecule has 1 aliphatic carbocycles. The summed E-state index contributed by atoms with van der Waals surface area (Å²) in [7, 11) is 0. The minimum atomic E-state index is -1.24. The molecule has 4 rings (SSSR count). The lowest BCUT2D eigenvalue weighted by atomic mass is 9.99. The molecule has 8 heteroatoms. The van der Waals surface area contributed by atoms with E-state index in [0.717, 1.165) is 35.6 Å². The maximum Gasteiger partial charge on any atom is 0.335 e. The van der Waals surface area contributed by atoms with Crippen molar-refractivity contribution in [1.82, 2.24) is 0 Å². The summed E-state index contributed by atoms with van der Waals surface area (Å²) in [5.41, 5.74) is 9.49. The summed E-state index contributed by atoms with van der Waals surface area (Å²) in [5.74, 6) is -0.842. The zero-order valence-electron chi connectivity index (χ0n) is 20.0. The van der Waals surface area contributed by atoms with Gasteiger partial charge in [-0.2, -0.15) is 0 Å². The minimum absolute atomic E-state index is 0.142. The maximum atomic E-state index is 14.4. The zero-order valence-corrected chi connectivity index (χ0v) is 20.8. The fraction of sp³-hybridized carbons (Fsp3) is 0.321. The minimum Gasteiger partial charge on any atom is -0.512 e. The number of rotatable bonds is 9. The van der Waals surface area contributed by atoms with Gasteiger partial charge in [0.25, 0.3) is 0 Å². The Balaban J connectivity index is 1.42. The highest BCUT2D eigenvalue weighted by atomic mass is 35.5. The van der Waals surface area contributed by atoms with E-state index in [0.29, 0.717) is 47.1 Å². The van der Waals surface area contributed by atoms with Crippen molar-refractivity contribution >= 4 is 17.6 Å². The van der Waals surface area contributed by atoms with Gasteiger partial charge in [0.1, 0.15) is 17.3 Å². The number of aromatic carboxylic acids is 1. The first-order chi connectivity index (χ1) is 17.2. The highest BCUT2D eigenvalue weighted by molar-refractivity contribution is 6.31. The van der Waals surface area contributed by atoms with E-state index >= 15 is 0 Å². The van der Waals surface area contributed by atoms with Crippen LogP contribution in [0.2, 0.25) is 5.02 Å². The fourth-order valence-corrected chi connectivity index (χ4v) is 4.44. The van der Waals surface area contributed by atoms with Crippen LogP contribution in [0.4, 0.5) is 4.39 Å². The Morgan fingerprint density at radius 2 is 2.06 bits per heavy atom. The Labute approximate surface area is 214 Å². The van der Waals surface area contributed by atoms with Crippen molar-refractivity contribution in [2.45, 2.75) is 39.0 Å². The van der Waals surface area contributed by atoms with Gasteiger partial charge < -0.3 is 25.4 Å². The molecule has 36 heavy (non-hydrogen) atoms. The summed E-state index contributed by atoms with van der Waals surface area (Å²) in [6.45, 7) is 2.45. The molecule has 0 spiro atoms. The predicted octanol–water partition coefficient (Wildman–Crippen LogP) is 6.02.